The van der Waals surface area contributed by atoms with Crippen LogP contribution < -0.4 is 4.74 Å². The van der Waals surface area contributed by atoms with E-state index >= 15 is 0 Å². The molecule has 4 aromatic rings. The van der Waals surface area contributed by atoms with Crippen LogP contribution >= 0.6 is 27.5 Å². The van der Waals surface area contributed by atoms with Crippen molar-refractivity contribution in [2.45, 2.75) is 19.1 Å². The Hall–Kier alpha value is -2.34. The fourth-order valence-corrected chi connectivity index (χ4v) is 4.70. The maximum absolute atomic E-state index is 6.39. The number of methoxy groups -OCH3 is 1. The standard InChI is InChI=1S/C23H19BrClN3O/c1-29-21-9-8-17(25)11-18(21)22(23-26-19-4-2-3-5-20(19)27-23)28-12-14-6-7-16(24)10-15(14)13-28/h2-11,22H,12-13H2,1H3,(H,26,27). The van der Waals surface area contributed by atoms with Gasteiger partial charge in [0.25, 0.3) is 0 Å². The second kappa shape index (κ2) is 7.48. The predicted molar refractivity (Wildman–Crippen MR) is 119 cm³/mol. The number of benzene rings is 3. The van der Waals surface area contributed by atoms with Gasteiger partial charge in [0.2, 0.25) is 0 Å². The largest absolute Gasteiger partial charge is 0.496 e. The molecule has 0 saturated heterocycles. The molecule has 0 spiro atoms. The zero-order valence-corrected chi connectivity index (χ0v) is 18.2. The van der Waals surface area contributed by atoms with Crippen LogP contribution in [0.3, 0.4) is 0 Å². The summed E-state index contributed by atoms with van der Waals surface area (Å²) in [6.45, 7) is 1.66. The van der Waals surface area contributed by atoms with Crippen molar-refractivity contribution < 1.29 is 4.74 Å². The summed E-state index contributed by atoms with van der Waals surface area (Å²) in [5, 5.41) is 0.682. The Bertz CT molecular complexity index is 1170. The number of hydrogen-bond donors (Lipinski definition) is 1. The number of aromatic nitrogens is 2. The summed E-state index contributed by atoms with van der Waals surface area (Å²) in [5.74, 6) is 1.69. The second-order valence-corrected chi connectivity index (χ2v) is 8.60. The fourth-order valence-electron chi connectivity index (χ4n) is 4.11. The summed E-state index contributed by atoms with van der Waals surface area (Å²) < 4.78 is 6.79. The Kier molecular flexibility index (Phi) is 4.82. The van der Waals surface area contributed by atoms with Gasteiger partial charge in [0.15, 0.2) is 0 Å². The normalized spacial score (nSPS) is 14.9. The number of hydrogen-bond acceptors (Lipinski definition) is 3. The highest BCUT2D eigenvalue weighted by Crippen LogP contribution is 2.40. The lowest BCUT2D eigenvalue weighted by molar-refractivity contribution is 0.220. The summed E-state index contributed by atoms with van der Waals surface area (Å²) in [6.07, 6.45) is 0. The first-order valence-electron chi connectivity index (χ1n) is 9.42. The molecular weight excluding hydrogens is 450 g/mol. The van der Waals surface area contributed by atoms with Gasteiger partial charge in [-0.3, -0.25) is 4.90 Å². The maximum atomic E-state index is 6.39. The molecule has 0 fully saturated rings. The van der Waals surface area contributed by atoms with E-state index < -0.39 is 0 Å². The second-order valence-electron chi connectivity index (χ2n) is 7.25. The zero-order valence-electron chi connectivity index (χ0n) is 15.8. The first-order valence-corrected chi connectivity index (χ1v) is 10.6. The van der Waals surface area contributed by atoms with E-state index in [9.17, 15) is 0 Å². The summed E-state index contributed by atoms with van der Waals surface area (Å²) in [5.41, 5.74) is 5.63. The molecular formula is C23H19BrClN3O. The molecule has 1 aromatic heterocycles. The van der Waals surface area contributed by atoms with Crippen molar-refractivity contribution in [1.82, 2.24) is 14.9 Å². The Morgan fingerprint density at radius 3 is 2.72 bits per heavy atom. The third-order valence-electron chi connectivity index (χ3n) is 5.43. The first kappa shape index (κ1) is 18.7. The number of nitrogens with zero attached hydrogens (tertiary/aromatic N) is 2. The molecule has 0 bridgehead atoms. The van der Waals surface area contributed by atoms with E-state index in [0.717, 1.165) is 45.7 Å². The molecule has 0 amide bonds. The minimum Gasteiger partial charge on any atom is -0.496 e. The van der Waals surface area contributed by atoms with Gasteiger partial charge in [-0.05, 0) is 53.6 Å². The Balaban J connectivity index is 1.65. The van der Waals surface area contributed by atoms with Gasteiger partial charge in [-0.1, -0.05) is 45.7 Å². The van der Waals surface area contributed by atoms with Crippen LogP contribution in [-0.2, 0) is 13.1 Å². The van der Waals surface area contributed by atoms with E-state index in [4.69, 9.17) is 21.3 Å². The number of imidazole rings is 1. The lowest BCUT2D eigenvalue weighted by Crippen LogP contribution is -2.26. The Morgan fingerprint density at radius 2 is 1.90 bits per heavy atom. The molecule has 1 N–H and O–H groups in total. The van der Waals surface area contributed by atoms with Crippen LogP contribution in [0.25, 0.3) is 11.0 Å². The van der Waals surface area contributed by atoms with E-state index in [1.807, 2.05) is 42.5 Å². The van der Waals surface area contributed by atoms with Crippen molar-refractivity contribution in [3.8, 4) is 5.75 Å². The highest BCUT2D eigenvalue weighted by Gasteiger charge is 2.32. The highest BCUT2D eigenvalue weighted by atomic mass is 79.9. The van der Waals surface area contributed by atoms with Crippen LogP contribution in [0.2, 0.25) is 5.02 Å². The smallest absolute Gasteiger partial charge is 0.129 e. The lowest BCUT2D eigenvalue weighted by atomic mass is 10.0. The van der Waals surface area contributed by atoms with Crippen molar-refractivity contribution >= 4 is 38.6 Å². The Labute approximate surface area is 182 Å². The molecule has 1 aliphatic rings. The monoisotopic (exact) mass is 467 g/mol. The van der Waals surface area contributed by atoms with Gasteiger partial charge in [0.1, 0.15) is 11.6 Å². The summed E-state index contributed by atoms with van der Waals surface area (Å²) >= 11 is 9.98. The van der Waals surface area contributed by atoms with Crippen molar-refractivity contribution in [3.05, 3.63) is 92.7 Å². The number of para-hydroxylation sites is 2. The number of H-pyrrole nitrogens is 1. The zero-order chi connectivity index (χ0) is 20.0. The fraction of sp³-hybridized carbons (Fsp3) is 0.174. The number of ether oxygens (including phenoxy) is 1. The number of fused-ring (bicyclic) bond motifs is 2. The molecule has 1 atom stereocenters. The third-order valence-corrected chi connectivity index (χ3v) is 6.16. The van der Waals surface area contributed by atoms with Gasteiger partial charge in [0, 0.05) is 28.1 Å². The highest BCUT2D eigenvalue weighted by molar-refractivity contribution is 9.10. The summed E-state index contributed by atoms with van der Waals surface area (Å²) in [4.78, 5) is 10.8. The van der Waals surface area contributed by atoms with E-state index in [1.54, 1.807) is 7.11 Å². The molecule has 5 rings (SSSR count). The van der Waals surface area contributed by atoms with Gasteiger partial charge in [-0.2, -0.15) is 0 Å². The van der Waals surface area contributed by atoms with Crippen molar-refractivity contribution in [2.75, 3.05) is 7.11 Å². The SMILES string of the molecule is COc1ccc(Cl)cc1C(c1nc2ccccc2[nH]1)N1Cc2ccc(Br)cc2C1. The van der Waals surface area contributed by atoms with E-state index in [-0.39, 0.29) is 6.04 Å². The van der Waals surface area contributed by atoms with Crippen molar-refractivity contribution in [1.29, 1.82) is 0 Å². The van der Waals surface area contributed by atoms with Crippen LogP contribution in [0.1, 0.15) is 28.6 Å². The third kappa shape index (κ3) is 3.44. The maximum Gasteiger partial charge on any atom is 0.129 e. The molecule has 146 valence electrons. The first-order chi connectivity index (χ1) is 14.1. The summed E-state index contributed by atoms with van der Waals surface area (Å²) in [7, 11) is 1.69. The van der Waals surface area contributed by atoms with Gasteiger partial charge in [-0.15, -0.1) is 0 Å². The van der Waals surface area contributed by atoms with E-state index in [1.165, 1.54) is 11.1 Å². The quantitative estimate of drug-likeness (QED) is 0.394. The van der Waals surface area contributed by atoms with Gasteiger partial charge in [0.05, 0.1) is 24.2 Å². The molecule has 4 nitrogen and oxygen atoms in total. The van der Waals surface area contributed by atoms with Gasteiger partial charge < -0.3 is 9.72 Å². The van der Waals surface area contributed by atoms with Crippen molar-refractivity contribution in [3.63, 3.8) is 0 Å². The number of nitrogens with one attached hydrogen (secondary N) is 1. The van der Waals surface area contributed by atoms with Crippen LogP contribution in [0.15, 0.2) is 65.1 Å². The minimum atomic E-state index is -0.109. The van der Waals surface area contributed by atoms with E-state index in [0.29, 0.717) is 5.02 Å². The molecule has 3 aromatic carbocycles. The van der Waals surface area contributed by atoms with E-state index in [2.05, 4.69) is 44.0 Å². The number of halogens is 2. The van der Waals surface area contributed by atoms with Crippen LogP contribution in [0.4, 0.5) is 0 Å². The predicted octanol–water partition coefficient (Wildman–Crippen LogP) is 6.09. The molecule has 0 saturated carbocycles. The molecule has 1 aliphatic heterocycles. The molecule has 6 heteroatoms. The molecule has 29 heavy (non-hydrogen) atoms. The molecule has 0 radical (unpaired) electrons. The average molecular weight is 469 g/mol. The summed E-state index contributed by atoms with van der Waals surface area (Å²) in [6, 6.07) is 20.2. The Morgan fingerprint density at radius 1 is 1.07 bits per heavy atom. The van der Waals surface area contributed by atoms with Crippen LogP contribution in [0, 0.1) is 0 Å². The molecule has 1 unspecified atom stereocenters. The number of aromatic amines is 1. The lowest BCUT2D eigenvalue weighted by Gasteiger charge is -2.27. The van der Waals surface area contributed by atoms with Crippen molar-refractivity contribution in [2.24, 2.45) is 0 Å². The topological polar surface area (TPSA) is 41.1 Å². The van der Waals surface area contributed by atoms with Gasteiger partial charge >= 0.3 is 0 Å². The average Bonchev–Trinajstić information content (AvgIpc) is 3.32. The van der Waals surface area contributed by atoms with Gasteiger partial charge in [-0.25, -0.2) is 4.98 Å². The number of rotatable bonds is 4. The van der Waals surface area contributed by atoms with Crippen LogP contribution in [-0.4, -0.2) is 22.0 Å². The molecule has 2 heterocycles. The minimum absolute atomic E-state index is 0.109. The molecule has 0 aliphatic carbocycles. The van der Waals surface area contributed by atoms with Crippen LogP contribution in [0.5, 0.6) is 5.75 Å².